The number of carboxylic acids is 3. The van der Waals surface area contributed by atoms with Crippen molar-refractivity contribution < 1.29 is 48.5 Å². The maximum Gasteiger partial charge on any atom is 0.326 e. The number of nitrogens with one attached hydrogen (secondary N) is 3. The summed E-state index contributed by atoms with van der Waals surface area (Å²) in [7, 11) is 0. The van der Waals surface area contributed by atoms with Crippen molar-refractivity contribution in [1.29, 1.82) is 0 Å². The molecule has 0 radical (unpaired) electrons. The minimum atomic E-state index is -1.52. The number of amides is 5. The van der Waals surface area contributed by atoms with Crippen LogP contribution in [0.25, 0.3) is 0 Å². The molecule has 1 aliphatic heterocycles. The van der Waals surface area contributed by atoms with Crippen LogP contribution >= 0.6 is 0 Å². The average molecular weight is 635 g/mol. The fraction of sp³-hybridized carbons (Fsp3) is 0.481. The molecule has 6 N–H and O–H groups in total. The van der Waals surface area contributed by atoms with Gasteiger partial charge in [-0.1, -0.05) is 17.3 Å². The molecule has 244 valence electrons. The van der Waals surface area contributed by atoms with Gasteiger partial charge in [0.2, 0.25) is 5.91 Å². The fourth-order valence-electron chi connectivity index (χ4n) is 4.42. The molecular weight excluding hydrogens is 599 g/mol. The highest BCUT2D eigenvalue weighted by Gasteiger charge is 2.26. The normalized spacial score (nSPS) is 14.2. The predicted molar refractivity (Wildman–Crippen MR) is 153 cm³/mol. The van der Waals surface area contributed by atoms with Crippen LogP contribution in [0.1, 0.15) is 30.5 Å². The Morgan fingerprint density at radius 3 is 2.11 bits per heavy atom. The van der Waals surface area contributed by atoms with Crippen molar-refractivity contribution in [3.05, 3.63) is 41.7 Å². The Kier molecular flexibility index (Phi) is 12.6. The quantitative estimate of drug-likeness (QED) is 0.154. The van der Waals surface area contributed by atoms with Gasteiger partial charge in [-0.25, -0.2) is 23.9 Å². The maximum absolute atomic E-state index is 12.8. The summed E-state index contributed by atoms with van der Waals surface area (Å²) in [6, 6.07) is 1.81. The maximum atomic E-state index is 12.8. The molecule has 1 aliphatic rings. The fourth-order valence-corrected chi connectivity index (χ4v) is 4.42. The second kappa shape index (κ2) is 16.5. The summed E-state index contributed by atoms with van der Waals surface area (Å²) in [5, 5.41) is 42.3. The Morgan fingerprint density at radius 2 is 1.51 bits per heavy atom. The average Bonchev–Trinajstić information content (AvgIpc) is 3.45. The Morgan fingerprint density at radius 1 is 0.889 bits per heavy atom. The van der Waals surface area contributed by atoms with Crippen molar-refractivity contribution in [2.24, 2.45) is 0 Å². The van der Waals surface area contributed by atoms with Gasteiger partial charge in [0.1, 0.15) is 18.6 Å². The lowest BCUT2D eigenvalue weighted by Crippen LogP contribution is -2.52. The summed E-state index contributed by atoms with van der Waals surface area (Å²) in [6.45, 7) is 0.752. The monoisotopic (exact) mass is 634 g/mol. The van der Waals surface area contributed by atoms with Crippen LogP contribution in [-0.4, -0.2) is 121 Å². The van der Waals surface area contributed by atoms with Gasteiger partial charge >= 0.3 is 30.0 Å². The molecule has 0 saturated carbocycles. The molecule has 45 heavy (non-hydrogen) atoms. The first kappa shape index (κ1) is 34.2. The van der Waals surface area contributed by atoms with Crippen molar-refractivity contribution >= 4 is 41.6 Å². The van der Waals surface area contributed by atoms with Gasteiger partial charge in [0, 0.05) is 50.9 Å². The molecule has 2 aromatic rings. The molecule has 1 aromatic carbocycles. The lowest BCUT2D eigenvalue weighted by Gasteiger charge is -2.34. The van der Waals surface area contributed by atoms with Crippen LogP contribution < -0.4 is 16.0 Å². The number of piperazine rings is 1. The Balaban J connectivity index is 1.45. The number of rotatable bonds is 15. The molecular formula is C27H35FN8O9. The van der Waals surface area contributed by atoms with E-state index in [0.29, 0.717) is 56.0 Å². The summed E-state index contributed by atoms with van der Waals surface area (Å²) in [6.07, 6.45) is 1.34. The van der Waals surface area contributed by atoms with Gasteiger partial charge in [0.15, 0.2) is 0 Å². The molecule has 0 bridgehead atoms. The van der Waals surface area contributed by atoms with Gasteiger partial charge in [-0.05, 0) is 37.0 Å². The first-order chi connectivity index (χ1) is 21.4. The number of aliphatic carboxylic acids is 3. The Labute approximate surface area is 256 Å². The molecule has 2 heterocycles. The van der Waals surface area contributed by atoms with E-state index in [9.17, 15) is 43.4 Å². The Hall–Kier alpha value is -5.29. The van der Waals surface area contributed by atoms with Crippen molar-refractivity contribution in [2.45, 2.75) is 50.7 Å². The van der Waals surface area contributed by atoms with Gasteiger partial charge < -0.3 is 41.1 Å². The van der Waals surface area contributed by atoms with Crippen molar-refractivity contribution in [3.8, 4) is 0 Å². The van der Waals surface area contributed by atoms with E-state index in [1.165, 1.54) is 4.68 Å². The lowest BCUT2D eigenvalue weighted by molar-refractivity contribution is -0.141. The highest BCUT2D eigenvalue weighted by Crippen LogP contribution is 2.14. The third-order valence-electron chi connectivity index (χ3n) is 6.87. The van der Waals surface area contributed by atoms with Crippen LogP contribution in [0.3, 0.4) is 0 Å². The standard InChI is InChI=1S/C27H35FN8O9/c28-9-1-2-19-15-36(33-32-19)16-22(37)34-10-12-35(13-11-34)27(45)29-18-5-3-17(4-6-18)14-21(25(42)43)31-26(44)30-20(24(40)41)7-8-23(38)39/h3-6,15,20-21H,1-2,7-14,16H2,(H,29,45)(H,38,39)(H,40,41)(H,42,43)(H2,30,31,44). The van der Waals surface area contributed by atoms with Gasteiger partial charge in [-0.15, -0.1) is 5.10 Å². The van der Waals surface area contributed by atoms with Crippen LogP contribution in [0.15, 0.2) is 30.5 Å². The number of carbonyl (C=O) groups is 6. The van der Waals surface area contributed by atoms with Crippen LogP contribution in [0.4, 0.5) is 19.7 Å². The van der Waals surface area contributed by atoms with E-state index in [4.69, 9.17) is 5.11 Å². The number of halogens is 1. The predicted octanol–water partition coefficient (Wildman–Crippen LogP) is 0.169. The van der Waals surface area contributed by atoms with Crippen LogP contribution in [-0.2, 0) is 38.6 Å². The van der Waals surface area contributed by atoms with E-state index in [-0.39, 0.29) is 31.3 Å². The second-order valence-electron chi connectivity index (χ2n) is 10.2. The first-order valence-electron chi connectivity index (χ1n) is 14.1. The van der Waals surface area contributed by atoms with Crippen LogP contribution in [0, 0.1) is 0 Å². The van der Waals surface area contributed by atoms with E-state index in [0.717, 1.165) is 0 Å². The van der Waals surface area contributed by atoms with Crippen LogP contribution in [0.2, 0.25) is 0 Å². The smallest absolute Gasteiger partial charge is 0.326 e. The molecule has 1 saturated heterocycles. The largest absolute Gasteiger partial charge is 0.481 e. The second-order valence-corrected chi connectivity index (χ2v) is 10.2. The number of anilines is 1. The summed E-state index contributed by atoms with van der Waals surface area (Å²) in [5.74, 6) is -4.27. The minimum Gasteiger partial charge on any atom is -0.481 e. The molecule has 2 unspecified atom stereocenters. The van der Waals surface area contributed by atoms with Crippen molar-refractivity contribution in [2.75, 3.05) is 38.2 Å². The van der Waals surface area contributed by atoms with E-state index in [1.807, 2.05) is 0 Å². The van der Waals surface area contributed by atoms with E-state index in [1.54, 1.807) is 40.3 Å². The number of aromatic nitrogens is 3. The Bertz CT molecular complexity index is 1360. The number of hydrogen-bond donors (Lipinski definition) is 6. The third kappa shape index (κ3) is 11.0. The van der Waals surface area contributed by atoms with E-state index < -0.39 is 49.1 Å². The minimum absolute atomic E-state index is 0.0141. The number of carboxylic acid groups (broad SMARTS) is 3. The van der Waals surface area contributed by atoms with E-state index >= 15 is 0 Å². The van der Waals surface area contributed by atoms with Crippen molar-refractivity contribution in [1.82, 2.24) is 35.4 Å². The lowest BCUT2D eigenvalue weighted by atomic mass is 10.1. The molecule has 2 atom stereocenters. The number of alkyl halides is 1. The molecule has 0 spiro atoms. The summed E-state index contributed by atoms with van der Waals surface area (Å²) in [5.41, 5.74) is 1.53. The highest BCUT2D eigenvalue weighted by atomic mass is 19.1. The number of carbonyl (C=O) groups excluding carboxylic acids is 3. The molecule has 1 aromatic heterocycles. The van der Waals surface area contributed by atoms with Gasteiger partial charge in [-0.3, -0.25) is 14.0 Å². The summed E-state index contributed by atoms with van der Waals surface area (Å²) >= 11 is 0. The van der Waals surface area contributed by atoms with E-state index in [2.05, 4.69) is 26.3 Å². The number of hydrogen-bond acceptors (Lipinski definition) is 8. The summed E-state index contributed by atoms with van der Waals surface area (Å²) < 4.78 is 13.7. The molecule has 18 heteroatoms. The zero-order valence-corrected chi connectivity index (χ0v) is 24.2. The van der Waals surface area contributed by atoms with Crippen molar-refractivity contribution in [3.63, 3.8) is 0 Å². The first-order valence-corrected chi connectivity index (χ1v) is 14.1. The van der Waals surface area contributed by atoms with Gasteiger partial charge in [0.25, 0.3) is 0 Å². The molecule has 1 fully saturated rings. The number of urea groups is 2. The van der Waals surface area contributed by atoms with Gasteiger partial charge in [-0.2, -0.15) is 0 Å². The molecule has 0 aliphatic carbocycles. The topological polar surface area (TPSA) is 236 Å². The third-order valence-corrected chi connectivity index (χ3v) is 6.87. The molecule has 3 rings (SSSR count). The molecule has 5 amide bonds. The zero-order valence-electron chi connectivity index (χ0n) is 24.2. The van der Waals surface area contributed by atoms with Gasteiger partial charge in [0.05, 0.1) is 12.4 Å². The number of nitrogens with zero attached hydrogens (tertiary/aromatic N) is 5. The highest BCUT2D eigenvalue weighted by molar-refractivity contribution is 5.90. The molecule has 17 nitrogen and oxygen atoms in total. The number of aryl methyl sites for hydroxylation is 1. The summed E-state index contributed by atoms with van der Waals surface area (Å²) in [4.78, 5) is 74.5. The SMILES string of the molecule is O=C(O)CCC(NC(=O)NC(Cc1ccc(NC(=O)N2CCN(C(=O)Cn3cc(CCCF)nn3)CC2)cc1)C(=O)O)C(=O)O. The zero-order chi connectivity index (χ0) is 32.9. The van der Waals surface area contributed by atoms with Crippen LogP contribution in [0.5, 0.6) is 0 Å². The number of benzene rings is 1.